The number of nitrogens with one attached hydrogen (secondary N) is 2. The molecule has 2 rings (SSSR count). The zero-order chi connectivity index (χ0) is 13.7. The Bertz CT molecular complexity index is 422. The molecular weight excluding hydrogens is 310 g/mol. The smallest absolute Gasteiger partial charge is 0.270 e. The highest BCUT2D eigenvalue weighted by Crippen LogP contribution is 2.25. The summed E-state index contributed by atoms with van der Waals surface area (Å²) in [5.41, 5.74) is 0.450. The molecule has 0 radical (unpaired) electrons. The summed E-state index contributed by atoms with van der Waals surface area (Å²) in [6.45, 7) is 3.32. The molecule has 6 heteroatoms. The Morgan fingerprint density at radius 1 is 1.58 bits per heavy atom. The summed E-state index contributed by atoms with van der Waals surface area (Å²) < 4.78 is 6.51. The Kier molecular flexibility index (Phi) is 5.39. The number of aromatic nitrogens is 2. The number of rotatable bonds is 5. The van der Waals surface area contributed by atoms with E-state index in [1.165, 1.54) is 19.3 Å². The number of amides is 1. The topological polar surface area (TPSA) is 67.0 Å². The summed E-state index contributed by atoms with van der Waals surface area (Å²) in [4.78, 5) is 11.8. The molecule has 0 saturated heterocycles. The average molecular weight is 330 g/mol. The number of carbonyl (C=O) groups is 1. The number of carbonyl (C=O) groups excluding carboxylic acids is 1. The first-order valence-corrected chi connectivity index (χ1v) is 7.56. The van der Waals surface area contributed by atoms with Gasteiger partial charge >= 0.3 is 0 Å². The van der Waals surface area contributed by atoms with Crippen molar-refractivity contribution < 1.29 is 9.53 Å². The monoisotopic (exact) mass is 329 g/mol. The van der Waals surface area contributed by atoms with E-state index in [1.54, 1.807) is 6.20 Å². The van der Waals surface area contributed by atoms with Gasteiger partial charge in [0.05, 0.1) is 23.4 Å². The minimum Gasteiger partial charge on any atom is -0.376 e. The lowest BCUT2D eigenvalue weighted by Crippen LogP contribution is -2.32. The Morgan fingerprint density at radius 2 is 2.37 bits per heavy atom. The molecule has 1 fully saturated rings. The van der Waals surface area contributed by atoms with Crippen molar-refractivity contribution in [2.45, 2.75) is 38.7 Å². The number of aromatic amines is 1. The molecule has 1 saturated carbocycles. The van der Waals surface area contributed by atoms with Crippen LogP contribution in [0.25, 0.3) is 0 Å². The molecule has 106 valence electrons. The van der Waals surface area contributed by atoms with Gasteiger partial charge in [-0.1, -0.05) is 19.8 Å². The molecule has 1 aromatic heterocycles. The van der Waals surface area contributed by atoms with Gasteiger partial charge in [-0.2, -0.15) is 5.10 Å². The third kappa shape index (κ3) is 4.04. The van der Waals surface area contributed by atoms with E-state index in [-0.39, 0.29) is 5.91 Å². The summed E-state index contributed by atoms with van der Waals surface area (Å²) >= 11 is 3.26. The largest absolute Gasteiger partial charge is 0.376 e. The summed E-state index contributed by atoms with van der Waals surface area (Å²) in [6.07, 6.45) is 6.87. The van der Waals surface area contributed by atoms with Gasteiger partial charge < -0.3 is 10.1 Å². The lowest BCUT2D eigenvalue weighted by molar-refractivity contribution is -0.00295. The summed E-state index contributed by atoms with van der Waals surface area (Å²) in [5.74, 6) is 0.468. The van der Waals surface area contributed by atoms with E-state index < -0.39 is 0 Å². The van der Waals surface area contributed by atoms with Gasteiger partial charge in [0.2, 0.25) is 0 Å². The van der Waals surface area contributed by atoms with Crippen molar-refractivity contribution in [2.75, 3.05) is 13.2 Å². The third-order valence-electron chi connectivity index (χ3n) is 3.57. The van der Waals surface area contributed by atoms with Gasteiger partial charge in [-0.25, -0.2) is 0 Å². The molecule has 0 spiro atoms. The zero-order valence-electron chi connectivity index (χ0n) is 11.1. The van der Waals surface area contributed by atoms with Gasteiger partial charge in [0, 0.05) is 6.54 Å². The molecule has 5 nitrogen and oxygen atoms in total. The van der Waals surface area contributed by atoms with Crippen LogP contribution in [0.3, 0.4) is 0 Å². The number of hydrogen-bond acceptors (Lipinski definition) is 3. The second-order valence-corrected chi connectivity index (χ2v) is 5.87. The van der Waals surface area contributed by atoms with Crippen LogP contribution >= 0.6 is 15.9 Å². The molecule has 2 atom stereocenters. The fourth-order valence-electron chi connectivity index (χ4n) is 2.42. The van der Waals surface area contributed by atoms with Crippen LogP contribution in [0.1, 0.15) is 43.1 Å². The van der Waals surface area contributed by atoms with E-state index in [0.717, 1.165) is 6.42 Å². The molecule has 0 aromatic carbocycles. The molecule has 0 bridgehead atoms. The van der Waals surface area contributed by atoms with Gasteiger partial charge in [-0.3, -0.25) is 9.89 Å². The van der Waals surface area contributed by atoms with Crippen molar-refractivity contribution >= 4 is 21.8 Å². The number of halogens is 1. The Labute approximate surface area is 121 Å². The molecule has 0 aliphatic heterocycles. The van der Waals surface area contributed by atoms with E-state index in [0.29, 0.717) is 35.3 Å². The van der Waals surface area contributed by atoms with Gasteiger partial charge in [-0.15, -0.1) is 0 Å². The van der Waals surface area contributed by atoms with Crippen LogP contribution in [0.4, 0.5) is 0 Å². The van der Waals surface area contributed by atoms with E-state index in [2.05, 4.69) is 38.4 Å². The molecular formula is C13H20BrN3O2. The fourth-order valence-corrected chi connectivity index (χ4v) is 2.79. The second kappa shape index (κ2) is 7.05. The van der Waals surface area contributed by atoms with Gasteiger partial charge in [-0.05, 0) is 34.7 Å². The van der Waals surface area contributed by atoms with E-state index in [4.69, 9.17) is 4.74 Å². The Balaban J connectivity index is 1.67. The van der Waals surface area contributed by atoms with Crippen molar-refractivity contribution in [3.8, 4) is 0 Å². The van der Waals surface area contributed by atoms with Crippen LogP contribution in [-0.4, -0.2) is 35.4 Å². The Hall–Kier alpha value is -0.880. The number of hydrogen-bond donors (Lipinski definition) is 2. The number of nitrogens with zero attached hydrogens (tertiary/aromatic N) is 1. The molecule has 1 aromatic rings. The van der Waals surface area contributed by atoms with Crippen molar-refractivity contribution in [3.05, 3.63) is 16.4 Å². The van der Waals surface area contributed by atoms with Crippen LogP contribution in [0.2, 0.25) is 0 Å². The maximum atomic E-state index is 11.8. The third-order valence-corrected chi connectivity index (χ3v) is 4.17. The van der Waals surface area contributed by atoms with Gasteiger partial charge in [0.15, 0.2) is 0 Å². The average Bonchev–Trinajstić information content (AvgIpc) is 2.82. The first kappa shape index (κ1) is 14.5. The fraction of sp³-hybridized carbons (Fsp3) is 0.692. The Morgan fingerprint density at radius 3 is 3.05 bits per heavy atom. The quantitative estimate of drug-likeness (QED) is 0.815. The lowest BCUT2D eigenvalue weighted by Gasteiger charge is -2.28. The van der Waals surface area contributed by atoms with Gasteiger partial charge in [0.1, 0.15) is 5.69 Å². The van der Waals surface area contributed by atoms with E-state index in [1.807, 2.05) is 0 Å². The van der Waals surface area contributed by atoms with Crippen LogP contribution < -0.4 is 5.32 Å². The van der Waals surface area contributed by atoms with E-state index >= 15 is 0 Å². The van der Waals surface area contributed by atoms with Crippen molar-refractivity contribution in [1.29, 1.82) is 0 Å². The van der Waals surface area contributed by atoms with Crippen LogP contribution in [0.5, 0.6) is 0 Å². The first-order chi connectivity index (χ1) is 9.18. The minimum absolute atomic E-state index is 0.162. The molecule has 0 unspecified atom stereocenters. The van der Waals surface area contributed by atoms with Crippen LogP contribution in [0.15, 0.2) is 10.7 Å². The van der Waals surface area contributed by atoms with Crippen molar-refractivity contribution in [2.24, 2.45) is 5.92 Å². The van der Waals surface area contributed by atoms with Crippen LogP contribution in [0, 0.1) is 5.92 Å². The predicted octanol–water partition coefficient (Wildman–Crippen LogP) is 2.50. The molecule has 1 amide bonds. The highest BCUT2D eigenvalue weighted by atomic mass is 79.9. The molecule has 19 heavy (non-hydrogen) atoms. The van der Waals surface area contributed by atoms with Crippen molar-refractivity contribution in [3.63, 3.8) is 0 Å². The zero-order valence-corrected chi connectivity index (χ0v) is 12.7. The lowest BCUT2D eigenvalue weighted by atomic mass is 9.88. The maximum absolute atomic E-state index is 11.8. The second-order valence-electron chi connectivity index (χ2n) is 5.02. The SMILES string of the molecule is C[C@H]1CCCC[C@H]1OCCNC(=O)c1[nH]ncc1Br. The van der Waals surface area contributed by atoms with Gasteiger partial charge in [0.25, 0.3) is 5.91 Å². The summed E-state index contributed by atoms with van der Waals surface area (Å²) in [7, 11) is 0. The van der Waals surface area contributed by atoms with Crippen molar-refractivity contribution in [1.82, 2.24) is 15.5 Å². The molecule has 1 aliphatic rings. The first-order valence-electron chi connectivity index (χ1n) is 6.77. The standard InChI is InChI=1S/C13H20BrN3O2/c1-9-4-2-3-5-11(9)19-7-6-15-13(18)12-10(14)8-16-17-12/h8-9,11H,2-7H2,1H3,(H,15,18)(H,16,17)/t9-,11+/m0/s1. The molecule has 1 heterocycles. The normalized spacial score (nSPS) is 23.3. The summed E-state index contributed by atoms with van der Waals surface area (Å²) in [5, 5.41) is 9.26. The molecule has 2 N–H and O–H groups in total. The highest BCUT2D eigenvalue weighted by Gasteiger charge is 2.21. The molecule has 1 aliphatic carbocycles. The predicted molar refractivity (Wildman–Crippen MR) is 76.0 cm³/mol. The minimum atomic E-state index is -0.162. The summed E-state index contributed by atoms with van der Waals surface area (Å²) in [6, 6.07) is 0. The van der Waals surface area contributed by atoms with Crippen LogP contribution in [-0.2, 0) is 4.74 Å². The maximum Gasteiger partial charge on any atom is 0.270 e. The number of H-pyrrole nitrogens is 1. The highest BCUT2D eigenvalue weighted by molar-refractivity contribution is 9.10. The number of ether oxygens (including phenoxy) is 1. The van der Waals surface area contributed by atoms with E-state index in [9.17, 15) is 4.79 Å².